The van der Waals surface area contributed by atoms with Gasteiger partial charge < -0.3 is 4.52 Å². The molecular weight excluding hydrogens is 368 g/mol. The molecule has 142 valence electrons. The molecule has 7 nitrogen and oxygen atoms in total. The van der Waals surface area contributed by atoms with Gasteiger partial charge in [0.05, 0.1) is 5.52 Å². The molecule has 29 heavy (non-hydrogen) atoms. The van der Waals surface area contributed by atoms with E-state index in [1.165, 1.54) is 12.1 Å². The summed E-state index contributed by atoms with van der Waals surface area (Å²) in [5, 5.41) is 4.71. The lowest BCUT2D eigenvalue weighted by molar-refractivity contribution is -0.117. The second-order valence-electron chi connectivity index (χ2n) is 6.14. The van der Waals surface area contributed by atoms with Crippen LogP contribution >= 0.6 is 0 Å². The first-order valence-electron chi connectivity index (χ1n) is 8.85. The van der Waals surface area contributed by atoms with Gasteiger partial charge in [-0.2, -0.15) is 0 Å². The smallest absolute Gasteiger partial charge is 0.291 e. The molecule has 4 rings (SSSR count). The number of nitrogens with zero attached hydrogens (tertiary/aromatic N) is 2. The van der Waals surface area contributed by atoms with Crippen LogP contribution in [-0.2, 0) is 4.79 Å². The van der Waals surface area contributed by atoms with Crippen molar-refractivity contribution in [2.75, 3.05) is 0 Å². The van der Waals surface area contributed by atoms with Crippen LogP contribution in [-0.4, -0.2) is 22.0 Å². The van der Waals surface area contributed by atoms with Crippen LogP contribution in [0.15, 0.2) is 83.5 Å². The van der Waals surface area contributed by atoms with Crippen LogP contribution in [0.2, 0.25) is 0 Å². The lowest BCUT2D eigenvalue weighted by Gasteiger charge is -2.03. The van der Waals surface area contributed by atoms with Crippen LogP contribution in [0.4, 0.5) is 0 Å². The zero-order valence-electron chi connectivity index (χ0n) is 15.2. The van der Waals surface area contributed by atoms with E-state index in [0.717, 1.165) is 22.0 Å². The van der Waals surface area contributed by atoms with Crippen molar-refractivity contribution < 1.29 is 14.1 Å². The zero-order chi connectivity index (χ0) is 20.1. The third-order valence-electron chi connectivity index (χ3n) is 4.18. The third-order valence-corrected chi connectivity index (χ3v) is 4.18. The molecule has 0 radical (unpaired) electrons. The fraction of sp³-hybridized carbons (Fsp3) is 0. The van der Waals surface area contributed by atoms with Gasteiger partial charge in [0, 0.05) is 34.9 Å². The van der Waals surface area contributed by atoms with E-state index in [1.54, 1.807) is 12.3 Å². The average Bonchev–Trinajstić information content (AvgIpc) is 3.27. The number of rotatable bonds is 4. The highest BCUT2D eigenvalue weighted by atomic mass is 16.5. The Kier molecular flexibility index (Phi) is 5.11. The minimum absolute atomic E-state index is 0.0615. The summed E-state index contributed by atoms with van der Waals surface area (Å²) in [5.41, 5.74) is 7.08. The van der Waals surface area contributed by atoms with E-state index in [1.807, 2.05) is 60.7 Å². The highest BCUT2D eigenvalue weighted by molar-refractivity contribution is 5.98. The molecule has 4 aromatic rings. The van der Waals surface area contributed by atoms with Gasteiger partial charge in [0.15, 0.2) is 11.5 Å². The maximum Gasteiger partial charge on any atom is 0.291 e. The Morgan fingerprint density at radius 2 is 1.76 bits per heavy atom. The van der Waals surface area contributed by atoms with Gasteiger partial charge in [-0.3, -0.25) is 25.4 Å². The molecule has 0 atom stereocenters. The highest BCUT2D eigenvalue weighted by Gasteiger charge is 2.13. The van der Waals surface area contributed by atoms with Gasteiger partial charge in [0.2, 0.25) is 0 Å². The molecule has 0 saturated carbocycles. The summed E-state index contributed by atoms with van der Waals surface area (Å²) in [6, 6.07) is 20.3. The van der Waals surface area contributed by atoms with Crippen molar-refractivity contribution in [1.29, 1.82) is 0 Å². The van der Waals surface area contributed by atoms with Crippen molar-refractivity contribution in [2.45, 2.75) is 0 Å². The van der Waals surface area contributed by atoms with Crippen molar-refractivity contribution in [3.8, 4) is 11.3 Å². The van der Waals surface area contributed by atoms with Crippen molar-refractivity contribution in [1.82, 2.24) is 21.0 Å². The minimum atomic E-state index is -0.579. The van der Waals surface area contributed by atoms with Gasteiger partial charge in [-0.05, 0) is 12.1 Å². The monoisotopic (exact) mass is 384 g/mol. The van der Waals surface area contributed by atoms with E-state index in [2.05, 4.69) is 21.0 Å². The molecule has 2 aromatic heterocycles. The Labute approximate surface area is 166 Å². The van der Waals surface area contributed by atoms with Crippen LogP contribution in [0.3, 0.4) is 0 Å². The Bertz CT molecular complexity index is 1190. The number of carbonyl (C=O) groups is 2. The fourth-order valence-electron chi connectivity index (χ4n) is 2.77. The van der Waals surface area contributed by atoms with Crippen LogP contribution in [0.25, 0.3) is 28.3 Å². The number of carbonyl (C=O) groups excluding carboxylic acids is 2. The van der Waals surface area contributed by atoms with Gasteiger partial charge >= 0.3 is 0 Å². The number of hydrogen-bond donors (Lipinski definition) is 2. The van der Waals surface area contributed by atoms with Crippen LogP contribution in [0.5, 0.6) is 0 Å². The quantitative estimate of drug-likeness (QED) is 0.415. The minimum Gasteiger partial charge on any atom is -0.355 e. The van der Waals surface area contributed by atoms with Gasteiger partial charge in [-0.25, -0.2) is 0 Å². The number of aromatic nitrogens is 2. The molecule has 2 N–H and O–H groups in total. The summed E-state index contributed by atoms with van der Waals surface area (Å²) in [6.45, 7) is 0. The summed E-state index contributed by atoms with van der Waals surface area (Å²) in [4.78, 5) is 28.5. The molecule has 7 heteroatoms. The number of para-hydroxylation sites is 1. The molecule has 0 aliphatic rings. The maximum atomic E-state index is 12.2. The van der Waals surface area contributed by atoms with Crippen molar-refractivity contribution in [2.24, 2.45) is 0 Å². The first kappa shape index (κ1) is 18.1. The van der Waals surface area contributed by atoms with E-state index in [0.29, 0.717) is 5.76 Å². The maximum absolute atomic E-state index is 12.2. The Balaban J connectivity index is 1.38. The van der Waals surface area contributed by atoms with Crippen molar-refractivity contribution in [3.63, 3.8) is 0 Å². The average molecular weight is 384 g/mol. The van der Waals surface area contributed by atoms with Crippen LogP contribution < -0.4 is 10.9 Å². The van der Waals surface area contributed by atoms with Gasteiger partial charge in [0.1, 0.15) is 0 Å². The SMILES string of the molecule is O=C(/C=C/c1cccc2cccnc12)NNC(=O)c1cc(-c2ccccc2)on1. The van der Waals surface area contributed by atoms with E-state index in [4.69, 9.17) is 4.52 Å². The summed E-state index contributed by atoms with van der Waals surface area (Å²) in [5.74, 6) is -0.604. The highest BCUT2D eigenvalue weighted by Crippen LogP contribution is 2.19. The third kappa shape index (κ3) is 4.19. The Hall–Kier alpha value is -4.26. The number of fused-ring (bicyclic) bond motifs is 1. The standard InChI is InChI=1S/C22H16N4O3/c27-20(12-11-17-9-4-8-16-10-5-13-23-21(16)17)24-25-22(28)18-14-19(29-26-18)15-6-2-1-3-7-15/h1-14H,(H,24,27)(H,25,28)/b12-11+. The molecule has 0 fully saturated rings. The van der Waals surface area contributed by atoms with E-state index in [9.17, 15) is 9.59 Å². The molecule has 0 aliphatic heterocycles. The second-order valence-corrected chi connectivity index (χ2v) is 6.14. The number of amides is 2. The number of nitrogens with one attached hydrogen (secondary N) is 2. The number of hydrogen-bond acceptors (Lipinski definition) is 5. The topological polar surface area (TPSA) is 97.1 Å². The van der Waals surface area contributed by atoms with Crippen LogP contribution in [0, 0.1) is 0 Å². The Morgan fingerprint density at radius 3 is 2.62 bits per heavy atom. The summed E-state index contributed by atoms with van der Waals surface area (Å²) < 4.78 is 5.18. The predicted octanol–water partition coefficient (Wildman–Crippen LogP) is 3.36. The first-order valence-corrected chi connectivity index (χ1v) is 8.85. The largest absolute Gasteiger partial charge is 0.355 e. The van der Waals surface area contributed by atoms with E-state index >= 15 is 0 Å². The summed E-state index contributed by atoms with van der Waals surface area (Å²) in [7, 11) is 0. The first-order chi connectivity index (χ1) is 14.2. The molecule has 0 aliphatic carbocycles. The van der Waals surface area contributed by atoms with Gasteiger partial charge in [0.25, 0.3) is 11.8 Å². The molecule has 2 amide bonds. The predicted molar refractivity (Wildman–Crippen MR) is 108 cm³/mol. The molecule has 2 heterocycles. The fourth-order valence-corrected chi connectivity index (χ4v) is 2.77. The van der Waals surface area contributed by atoms with Crippen molar-refractivity contribution in [3.05, 3.63) is 90.3 Å². The van der Waals surface area contributed by atoms with Gasteiger partial charge in [-0.1, -0.05) is 59.8 Å². The second kappa shape index (κ2) is 8.18. The lowest BCUT2D eigenvalue weighted by Crippen LogP contribution is -2.40. The van der Waals surface area contributed by atoms with Gasteiger partial charge in [-0.15, -0.1) is 0 Å². The molecule has 0 saturated heterocycles. The van der Waals surface area contributed by atoms with E-state index < -0.39 is 11.8 Å². The van der Waals surface area contributed by atoms with E-state index in [-0.39, 0.29) is 5.69 Å². The molecule has 0 unspecified atom stereocenters. The Morgan fingerprint density at radius 1 is 0.931 bits per heavy atom. The van der Waals surface area contributed by atoms with Crippen molar-refractivity contribution >= 4 is 28.8 Å². The zero-order valence-corrected chi connectivity index (χ0v) is 15.2. The van der Waals surface area contributed by atoms with Crippen LogP contribution in [0.1, 0.15) is 16.1 Å². The lowest BCUT2D eigenvalue weighted by atomic mass is 10.1. The molecule has 0 bridgehead atoms. The number of benzene rings is 2. The summed E-state index contributed by atoms with van der Waals surface area (Å²) in [6.07, 6.45) is 4.66. The summed E-state index contributed by atoms with van der Waals surface area (Å²) >= 11 is 0. The number of pyridine rings is 1. The molecule has 2 aromatic carbocycles. The molecular formula is C22H16N4O3. The molecule has 0 spiro atoms. The number of hydrazine groups is 1. The normalized spacial score (nSPS) is 10.9.